The quantitative estimate of drug-likeness (QED) is 0.848. The number of hydrogen-bond donors (Lipinski definition) is 1. The number of nitrogens with zero attached hydrogens (tertiary/aromatic N) is 1. The first-order valence-corrected chi connectivity index (χ1v) is 8.07. The van der Waals surface area contributed by atoms with Crippen LogP contribution in [-0.2, 0) is 6.42 Å². The van der Waals surface area contributed by atoms with Gasteiger partial charge in [-0.15, -0.1) is 0 Å². The first-order chi connectivity index (χ1) is 8.84. The van der Waals surface area contributed by atoms with Crippen molar-refractivity contribution in [1.29, 1.82) is 0 Å². The Morgan fingerprint density at radius 1 is 1.22 bits per heavy atom. The van der Waals surface area contributed by atoms with Gasteiger partial charge in [-0.25, -0.2) is 0 Å². The molecule has 0 spiro atoms. The third-order valence-electron chi connectivity index (χ3n) is 3.41. The molecule has 0 aromatic heterocycles. The van der Waals surface area contributed by atoms with Crippen molar-refractivity contribution in [1.82, 2.24) is 10.2 Å². The van der Waals surface area contributed by atoms with Crippen LogP contribution in [0.4, 0.5) is 0 Å². The molecule has 1 aromatic carbocycles. The van der Waals surface area contributed by atoms with E-state index in [-0.39, 0.29) is 0 Å². The van der Waals surface area contributed by atoms with Crippen LogP contribution in [0.1, 0.15) is 12.5 Å². The average Bonchev–Trinajstić information content (AvgIpc) is 2.41. The standard InChI is InChI=1S/C15H24N2S/c1-14(13-15-5-3-2-4-6-15)16-7-8-17-9-11-18-12-10-17/h2-6,14,16H,7-13H2,1H3. The van der Waals surface area contributed by atoms with Crippen molar-refractivity contribution in [3.05, 3.63) is 35.9 Å². The molecule has 100 valence electrons. The summed E-state index contributed by atoms with van der Waals surface area (Å²) in [7, 11) is 0. The van der Waals surface area contributed by atoms with Crippen LogP contribution >= 0.6 is 11.8 Å². The van der Waals surface area contributed by atoms with Gasteiger partial charge in [0.1, 0.15) is 0 Å². The summed E-state index contributed by atoms with van der Waals surface area (Å²) in [5, 5.41) is 3.63. The molecule has 2 rings (SSSR count). The topological polar surface area (TPSA) is 15.3 Å². The predicted octanol–water partition coefficient (Wildman–Crippen LogP) is 2.26. The second-order valence-electron chi connectivity index (χ2n) is 5.00. The Morgan fingerprint density at radius 2 is 1.94 bits per heavy atom. The van der Waals surface area contributed by atoms with Crippen LogP contribution < -0.4 is 5.32 Å². The van der Waals surface area contributed by atoms with Gasteiger partial charge < -0.3 is 10.2 Å². The molecule has 1 heterocycles. The summed E-state index contributed by atoms with van der Waals surface area (Å²) in [6, 6.07) is 11.3. The van der Waals surface area contributed by atoms with E-state index in [1.165, 1.54) is 36.7 Å². The van der Waals surface area contributed by atoms with Gasteiger partial charge >= 0.3 is 0 Å². The van der Waals surface area contributed by atoms with Crippen molar-refractivity contribution < 1.29 is 0 Å². The number of benzene rings is 1. The van der Waals surface area contributed by atoms with Crippen molar-refractivity contribution in [2.75, 3.05) is 37.7 Å². The molecule has 1 unspecified atom stereocenters. The van der Waals surface area contributed by atoms with Crippen LogP contribution in [0.25, 0.3) is 0 Å². The van der Waals surface area contributed by atoms with E-state index >= 15 is 0 Å². The molecule has 18 heavy (non-hydrogen) atoms. The Labute approximate surface area is 115 Å². The van der Waals surface area contributed by atoms with Crippen LogP contribution in [0.15, 0.2) is 30.3 Å². The zero-order valence-corrected chi connectivity index (χ0v) is 12.1. The van der Waals surface area contributed by atoms with Crippen LogP contribution in [0.5, 0.6) is 0 Å². The normalized spacial score (nSPS) is 18.7. The first kappa shape index (κ1) is 13.9. The van der Waals surface area contributed by atoms with Gasteiger partial charge in [0.15, 0.2) is 0 Å². The van der Waals surface area contributed by atoms with E-state index in [2.05, 4.69) is 59.2 Å². The van der Waals surface area contributed by atoms with E-state index < -0.39 is 0 Å². The van der Waals surface area contributed by atoms with Crippen LogP contribution in [0, 0.1) is 0 Å². The molecule has 1 aromatic rings. The van der Waals surface area contributed by atoms with Crippen LogP contribution in [0.3, 0.4) is 0 Å². The molecule has 3 heteroatoms. The van der Waals surface area contributed by atoms with Gasteiger partial charge in [-0.2, -0.15) is 11.8 Å². The highest BCUT2D eigenvalue weighted by molar-refractivity contribution is 7.99. The molecule has 1 saturated heterocycles. The Balaban J connectivity index is 1.61. The fourth-order valence-electron chi connectivity index (χ4n) is 2.33. The van der Waals surface area contributed by atoms with Gasteiger partial charge in [-0.1, -0.05) is 30.3 Å². The fourth-order valence-corrected chi connectivity index (χ4v) is 3.31. The molecule has 1 aliphatic heterocycles. The van der Waals surface area contributed by atoms with Gasteiger partial charge in [-0.05, 0) is 18.9 Å². The lowest BCUT2D eigenvalue weighted by Gasteiger charge is -2.26. The van der Waals surface area contributed by atoms with Crippen molar-refractivity contribution in [3.8, 4) is 0 Å². The van der Waals surface area contributed by atoms with Crippen molar-refractivity contribution in [2.45, 2.75) is 19.4 Å². The van der Waals surface area contributed by atoms with E-state index in [1.807, 2.05) is 0 Å². The van der Waals surface area contributed by atoms with E-state index in [4.69, 9.17) is 0 Å². The van der Waals surface area contributed by atoms with Crippen LogP contribution in [0.2, 0.25) is 0 Å². The summed E-state index contributed by atoms with van der Waals surface area (Å²) >= 11 is 2.08. The number of rotatable bonds is 6. The smallest absolute Gasteiger partial charge is 0.0108 e. The summed E-state index contributed by atoms with van der Waals surface area (Å²) in [5.74, 6) is 2.61. The van der Waals surface area contributed by atoms with E-state index in [9.17, 15) is 0 Å². The minimum atomic E-state index is 0.562. The van der Waals surface area contributed by atoms with Gasteiger partial charge in [-0.3, -0.25) is 0 Å². The van der Waals surface area contributed by atoms with Crippen molar-refractivity contribution in [3.63, 3.8) is 0 Å². The van der Waals surface area contributed by atoms with Gasteiger partial charge in [0.2, 0.25) is 0 Å². The first-order valence-electron chi connectivity index (χ1n) is 6.92. The number of thioether (sulfide) groups is 1. The maximum Gasteiger partial charge on any atom is 0.0108 e. The monoisotopic (exact) mass is 264 g/mol. The van der Waals surface area contributed by atoms with Gasteiger partial charge in [0, 0.05) is 43.7 Å². The Kier molecular flexibility index (Phi) is 6.05. The Hall–Kier alpha value is -0.510. The molecule has 1 fully saturated rings. The molecule has 2 nitrogen and oxygen atoms in total. The molecule has 0 amide bonds. The average molecular weight is 264 g/mol. The third-order valence-corrected chi connectivity index (χ3v) is 4.35. The van der Waals surface area contributed by atoms with Crippen molar-refractivity contribution >= 4 is 11.8 Å². The minimum Gasteiger partial charge on any atom is -0.313 e. The maximum absolute atomic E-state index is 3.63. The zero-order valence-electron chi connectivity index (χ0n) is 11.3. The lowest BCUT2D eigenvalue weighted by molar-refractivity contribution is 0.296. The highest BCUT2D eigenvalue weighted by Crippen LogP contribution is 2.08. The largest absolute Gasteiger partial charge is 0.313 e. The molecule has 0 saturated carbocycles. The molecule has 1 aliphatic rings. The van der Waals surface area contributed by atoms with Gasteiger partial charge in [0.25, 0.3) is 0 Å². The molecule has 0 radical (unpaired) electrons. The molecular formula is C15H24N2S. The molecule has 0 bridgehead atoms. The minimum absolute atomic E-state index is 0.562. The summed E-state index contributed by atoms with van der Waals surface area (Å²) < 4.78 is 0. The Morgan fingerprint density at radius 3 is 2.67 bits per heavy atom. The van der Waals surface area contributed by atoms with E-state index in [1.54, 1.807) is 0 Å². The summed E-state index contributed by atoms with van der Waals surface area (Å²) in [6.07, 6.45) is 1.12. The van der Waals surface area contributed by atoms with Crippen molar-refractivity contribution in [2.24, 2.45) is 0 Å². The highest BCUT2D eigenvalue weighted by Gasteiger charge is 2.10. The third kappa shape index (κ3) is 5.01. The lowest BCUT2D eigenvalue weighted by Crippen LogP contribution is -2.40. The lowest BCUT2D eigenvalue weighted by atomic mass is 10.1. The summed E-state index contributed by atoms with van der Waals surface area (Å²) in [5.41, 5.74) is 1.42. The molecular weight excluding hydrogens is 240 g/mol. The van der Waals surface area contributed by atoms with Gasteiger partial charge in [0.05, 0.1) is 0 Å². The fraction of sp³-hybridized carbons (Fsp3) is 0.600. The number of nitrogens with one attached hydrogen (secondary N) is 1. The van der Waals surface area contributed by atoms with E-state index in [0.29, 0.717) is 6.04 Å². The molecule has 1 N–H and O–H groups in total. The number of hydrogen-bond acceptors (Lipinski definition) is 3. The van der Waals surface area contributed by atoms with E-state index in [0.717, 1.165) is 13.0 Å². The second-order valence-corrected chi connectivity index (χ2v) is 6.22. The molecule has 0 aliphatic carbocycles. The Bertz CT molecular complexity index is 323. The second kappa shape index (κ2) is 7.82. The maximum atomic E-state index is 3.63. The van der Waals surface area contributed by atoms with Crippen LogP contribution in [-0.4, -0.2) is 48.6 Å². The SMILES string of the molecule is CC(Cc1ccccc1)NCCN1CCSCC1. The summed E-state index contributed by atoms with van der Waals surface area (Å²) in [4.78, 5) is 2.57. The highest BCUT2D eigenvalue weighted by atomic mass is 32.2. The summed E-state index contributed by atoms with van der Waals surface area (Å²) in [6.45, 7) is 7.11. The zero-order chi connectivity index (χ0) is 12.6. The predicted molar refractivity (Wildman–Crippen MR) is 81.4 cm³/mol. The molecule has 1 atom stereocenters.